The van der Waals surface area contributed by atoms with Crippen molar-refractivity contribution in [3.05, 3.63) is 29.8 Å². The van der Waals surface area contributed by atoms with Crippen LogP contribution in [0.2, 0.25) is 0 Å². The van der Waals surface area contributed by atoms with Gasteiger partial charge in [-0.25, -0.2) is 0 Å². The van der Waals surface area contributed by atoms with E-state index in [4.69, 9.17) is 14.2 Å². The van der Waals surface area contributed by atoms with Gasteiger partial charge in [0, 0.05) is 19.1 Å². The molecular weight excluding hydrogens is 318 g/mol. The third-order valence-electron chi connectivity index (χ3n) is 5.75. The molecule has 0 N–H and O–H groups in total. The van der Waals surface area contributed by atoms with E-state index in [0.29, 0.717) is 25.4 Å². The second-order valence-corrected chi connectivity index (χ2v) is 7.65. The summed E-state index contributed by atoms with van der Waals surface area (Å²) in [6.07, 6.45) is 4.12. The molecule has 2 aliphatic heterocycles. The first-order valence-corrected chi connectivity index (χ1v) is 9.31. The molecule has 5 nitrogen and oxygen atoms in total. The zero-order chi connectivity index (χ0) is 17.3. The van der Waals surface area contributed by atoms with E-state index in [9.17, 15) is 4.79 Å². The molecule has 1 amide bonds. The van der Waals surface area contributed by atoms with E-state index < -0.39 is 0 Å². The van der Waals surface area contributed by atoms with Gasteiger partial charge in [-0.1, -0.05) is 12.1 Å². The summed E-state index contributed by atoms with van der Waals surface area (Å²) in [6, 6.07) is 7.70. The van der Waals surface area contributed by atoms with Crippen molar-refractivity contribution >= 4 is 5.91 Å². The number of hydrogen-bond donors (Lipinski definition) is 0. The lowest BCUT2D eigenvalue weighted by atomic mass is 9.81. The molecule has 0 bridgehead atoms. The van der Waals surface area contributed by atoms with Crippen molar-refractivity contribution < 1.29 is 19.0 Å². The summed E-state index contributed by atoms with van der Waals surface area (Å²) in [6.45, 7) is 3.88. The van der Waals surface area contributed by atoms with E-state index in [0.717, 1.165) is 43.5 Å². The first-order chi connectivity index (χ1) is 12.2. The van der Waals surface area contributed by atoms with Crippen molar-refractivity contribution in [1.29, 1.82) is 0 Å². The summed E-state index contributed by atoms with van der Waals surface area (Å²) < 4.78 is 17.1. The Balaban J connectivity index is 1.26. The van der Waals surface area contributed by atoms with Gasteiger partial charge in [0.05, 0.1) is 33.2 Å². The molecule has 0 radical (unpaired) electrons. The maximum Gasteiger partial charge on any atom is 0.227 e. The first-order valence-electron chi connectivity index (χ1n) is 9.31. The van der Waals surface area contributed by atoms with Gasteiger partial charge in [0.15, 0.2) is 0 Å². The number of carbonyl (C=O) groups is 1. The molecule has 1 spiro atoms. The van der Waals surface area contributed by atoms with Crippen LogP contribution in [0.3, 0.4) is 0 Å². The van der Waals surface area contributed by atoms with Crippen LogP contribution in [0.5, 0.6) is 5.75 Å². The molecule has 136 valence electrons. The lowest BCUT2D eigenvalue weighted by Gasteiger charge is -2.50. The largest absolute Gasteiger partial charge is 0.497 e. The minimum Gasteiger partial charge on any atom is -0.497 e. The normalized spacial score (nSPS) is 24.4. The molecule has 1 saturated carbocycles. The molecular formula is C20H27NO4. The van der Waals surface area contributed by atoms with Crippen LogP contribution in [0.4, 0.5) is 0 Å². The number of carbonyl (C=O) groups excluding carboxylic acids is 1. The zero-order valence-corrected chi connectivity index (χ0v) is 14.9. The van der Waals surface area contributed by atoms with Gasteiger partial charge in [0.25, 0.3) is 0 Å². The lowest BCUT2D eigenvalue weighted by Crippen LogP contribution is -2.66. The summed E-state index contributed by atoms with van der Waals surface area (Å²) in [5.41, 5.74) is 0.863. The van der Waals surface area contributed by atoms with E-state index in [-0.39, 0.29) is 11.5 Å². The predicted octanol–water partition coefficient (Wildman–Crippen LogP) is 2.28. The van der Waals surface area contributed by atoms with Gasteiger partial charge in [-0.05, 0) is 42.9 Å². The van der Waals surface area contributed by atoms with Crippen LogP contribution in [0.15, 0.2) is 24.3 Å². The highest BCUT2D eigenvalue weighted by molar-refractivity contribution is 5.80. The van der Waals surface area contributed by atoms with Crippen LogP contribution >= 0.6 is 0 Å². The zero-order valence-electron chi connectivity index (χ0n) is 14.9. The van der Waals surface area contributed by atoms with Gasteiger partial charge in [-0.15, -0.1) is 0 Å². The average Bonchev–Trinajstić information content (AvgIpc) is 3.31. The summed E-state index contributed by atoms with van der Waals surface area (Å²) >= 11 is 0. The number of rotatable bonds is 7. The van der Waals surface area contributed by atoms with Gasteiger partial charge in [0.2, 0.25) is 5.91 Å². The standard InChI is InChI=1S/C20H27NO4/c1-23-18-6-4-15(5-7-18)10-19(22)21-13-20(14-21)17(8-9-25-20)12-24-11-16-2-3-16/h4-7,16-17H,2-3,8-14H2,1H3. The molecule has 2 saturated heterocycles. The van der Waals surface area contributed by atoms with Crippen LogP contribution in [0.1, 0.15) is 24.8 Å². The fourth-order valence-corrected chi connectivity index (χ4v) is 3.84. The van der Waals surface area contributed by atoms with E-state index in [1.165, 1.54) is 12.8 Å². The highest BCUT2D eigenvalue weighted by Gasteiger charge is 2.54. The molecule has 3 fully saturated rings. The summed E-state index contributed by atoms with van der Waals surface area (Å²) in [4.78, 5) is 14.4. The molecule has 1 aliphatic carbocycles. The second-order valence-electron chi connectivity index (χ2n) is 7.65. The van der Waals surface area contributed by atoms with Crippen LogP contribution in [0.25, 0.3) is 0 Å². The molecule has 3 aliphatic rings. The van der Waals surface area contributed by atoms with Crippen LogP contribution in [0, 0.1) is 11.8 Å². The second kappa shape index (κ2) is 6.96. The molecule has 0 aromatic heterocycles. The third kappa shape index (κ3) is 3.67. The minimum absolute atomic E-state index is 0.154. The molecule has 1 unspecified atom stereocenters. The van der Waals surface area contributed by atoms with Crippen molar-refractivity contribution in [3.63, 3.8) is 0 Å². The smallest absolute Gasteiger partial charge is 0.227 e. The van der Waals surface area contributed by atoms with Gasteiger partial charge in [0.1, 0.15) is 11.4 Å². The Bertz CT molecular complexity index is 605. The molecule has 25 heavy (non-hydrogen) atoms. The fourth-order valence-electron chi connectivity index (χ4n) is 3.84. The summed E-state index contributed by atoms with van der Waals surface area (Å²) in [5, 5.41) is 0. The van der Waals surface area contributed by atoms with Crippen LogP contribution in [-0.4, -0.2) is 56.4 Å². The van der Waals surface area contributed by atoms with Crippen LogP contribution in [-0.2, 0) is 20.7 Å². The highest BCUT2D eigenvalue weighted by Crippen LogP contribution is 2.40. The maximum absolute atomic E-state index is 12.5. The monoisotopic (exact) mass is 345 g/mol. The number of likely N-dealkylation sites (tertiary alicyclic amines) is 1. The Morgan fingerprint density at radius 2 is 1.96 bits per heavy atom. The number of hydrogen-bond acceptors (Lipinski definition) is 4. The van der Waals surface area contributed by atoms with Crippen molar-refractivity contribution in [2.75, 3.05) is 40.0 Å². The van der Waals surface area contributed by atoms with Crippen molar-refractivity contribution in [1.82, 2.24) is 4.90 Å². The molecule has 2 heterocycles. The minimum atomic E-state index is -0.154. The number of amides is 1. The van der Waals surface area contributed by atoms with Gasteiger partial charge in [-0.2, -0.15) is 0 Å². The van der Waals surface area contributed by atoms with E-state index in [1.54, 1.807) is 7.11 Å². The Labute approximate surface area is 149 Å². The molecule has 1 aromatic rings. The van der Waals surface area contributed by atoms with Gasteiger partial charge in [-0.3, -0.25) is 4.79 Å². The number of ether oxygens (including phenoxy) is 3. The number of benzene rings is 1. The van der Waals surface area contributed by atoms with Gasteiger partial charge < -0.3 is 19.1 Å². The molecule has 1 atom stereocenters. The van der Waals surface area contributed by atoms with Gasteiger partial charge >= 0.3 is 0 Å². The predicted molar refractivity (Wildman–Crippen MR) is 93.6 cm³/mol. The maximum atomic E-state index is 12.5. The lowest BCUT2D eigenvalue weighted by molar-refractivity contribution is -0.168. The van der Waals surface area contributed by atoms with Crippen LogP contribution < -0.4 is 4.74 Å². The first kappa shape index (κ1) is 16.9. The Morgan fingerprint density at radius 1 is 1.20 bits per heavy atom. The number of methoxy groups -OCH3 is 1. The summed E-state index contributed by atoms with van der Waals surface area (Å²) in [7, 11) is 1.64. The van der Waals surface area contributed by atoms with Crippen molar-refractivity contribution in [3.8, 4) is 5.75 Å². The quantitative estimate of drug-likeness (QED) is 0.761. The fraction of sp³-hybridized carbons (Fsp3) is 0.650. The third-order valence-corrected chi connectivity index (χ3v) is 5.75. The molecule has 4 rings (SSSR count). The van der Waals surface area contributed by atoms with Crippen molar-refractivity contribution in [2.24, 2.45) is 11.8 Å². The Kier molecular flexibility index (Phi) is 4.69. The Hall–Kier alpha value is -1.59. The molecule has 1 aromatic carbocycles. The number of nitrogens with zero attached hydrogens (tertiary/aromatic N) is 1. The van der Waals surface area contributed by atoms with E-state index in [2.05, 4.69) is 0 Å². The van der Waals surface area contributed by atoms with E-state index >= 15 is 0 Å². The Morgan fingerprint density at radius 3 is 2.64 bits per heavy atom. The highest BCUT2D eigenvalue weighted by atomic mass is 16.5. The summed E-state index contributed by atoms with van der Waals surface area (Å²) in [5.74, 6) is 2.20. The van der Waals surface area contributed by atoms with E-state index in [1.807, 2.05) is 29.2 Å². The average molecular weight is 345 g/mol. The molecule has 5 heteroatoms. The van der Waals surface area contributed by atoms with Crippen molar-refractivity contribution in [2.45, 2.75) is 31.3 Å². The SMILES string of the molecule is COc1ccc(CC(=O)N2CC3(C2)OCCC3COCC2CC2)cc1. The topological polar surface area (TPSA) is 48.0 Å².